The molecule has 2 aromatic rings. The average molecular weight is 338 g/mol. The van der Waals surface area contributed by atoms with Crippen LogP contribution >= 0.6 is 15.9 Å². The molecule has 0 spiro atoms. The Hall–Kier alpha value is -1.82. The molecule has 0 aliphatic carbocycles. The normalized spacial score (nSPS) is 10.2. The molecule has 0 atom stereocenters. The van der Waals surface area contributed by atoms with Gasteiger partial charge in [0.05, 0.1) is 19.9 Å². The van der Waals surface area contributed by atoms with Crippen molar-refractivity contribution in [1.82, 2.24) is 9.97 Å². The Kier molecular flexibility index (Phi) is 4.79. The molecule has 0 bridgehead atoms. The molecule has 1 aromatic heterocycles. The molecule has 0 saturated heterocycles. The maximum absolute atomic E-state index is 5.47. The van der Waals surface area contributed by atoms with E-state index in [0.717, 1.165) is 22.3 Å². The Labute approximate surface area is 126 Å². The maximum atomic E-state index is 5.47. The van der Waals surface area contributed by atoms with Crippen LogP contribution in [-0.2, 0) is 0 Å². The van der Waals surface area contributed by atoms with Crippen LogP contribution in [0.1, 0.15) is 6.92 Å². The maximum Gasteiger partial charge on any atom is 0.223 e. The highest BCUT2D eigenvalue weighted by Gasteiger charge is 2.15. The van der Waals surface area contributed by atoms with Gasteiger partial charge in [-0.05, 0) is 41.1 Å². The van der Waals surface area contributed by atoms with Gasteiger partial charge in [0.1, 0.15) is 16.0 Å². The summed E-state index contributed by atoms with van der Waals surface area (Å²) in [4.78, 5) is 8.64. The molecule has 0 fully saturated rings. The van der Waals surface area contributed by atoms with Crippen molar-refractivity contribution >= 4 is 21.9 Å². The molecule has 0 unspecified atom stereocenters. The summed E-state index contributed by atoms with van der Waals surface area (Å²) >= 11 is 3.49. The Balaban J connectivity index is 2.52. The summed E-state index contributed by atoms with van der Waals surface area (Å²) in [5.74, 6) is 2.00. The van der Waals surface area contributed by atoms with E-state index in [4.69, 9.17) is 9.47 Å². The van der Waals surface area contributed by atoms with Gasteiger partial charge in [0.25, 0.3) is 0 Å². The van der Waals surface area contributed by atoms with Gasteiger partial charge in [0, 0.05) is 18.3 Å². The van der Waals surface area contributed by atoms with Gasteiger partial charge in [-0.1, -0.05) is 0 Å². The fourth-order valence-corrected chi connectivity index (χ4v) is 2.52. The zero-order chi connectivity index (χ0) is 14.5. The Morgan fingerprint density at radius 2 is 2.00 bits per heavy atom. The van der Waals surface area contributed by atoms with Crippen LogP contribution in [0.2, 0.25) is 0 Å². The van der Waals surface area contributed by atoms with Crippen molar-refractivity contribution in [2.24, 2.45) is 0 Å². The summed E-state index contributed by atoms with van der Waals surface area (Å²) < 4.78 is 11.5. The molecule has 5 nitrogen and oxygen atoms in total. The fraction of sp³-hybridized carbons (Fsp3) is 0.286. The number of anilines is 1. The third-order valence-electron chi connectivity index (χ3n) is 2.75. The second-order valence-corrected chi connectivity index (χ2v) is 4.75. The third-order valence-corrected chi connectivity index (χ3v) is 3.50. The zero-order valence-corrected chi connectivity index (χ0v) is 13.2. The number of hydrogen-bond donors (Lipinski definition) is 1. The Bertz CT molecular complexity index is 605. The lowest BCUT2D eigenvalue weighted by Crippen LogP contribution is -2.02. The van der Waals surface area contributed by atoms with Crippen LogP contribution in [0, 0.1) is 0 Å². The number of rotatable bonds is 5. The largest absolute Gasteiger partial charge is 0.495 e. The minimum atomic E-state index is 0.596. The number of halogens is 1. The first kappa shape index (κ1) is 14.6. The van der Waals surface area contributed by atoms with Crippen LogP contribution in [0.25, 0.3) is 11.3 Å². The van der Waals surface area contributed by atoms with Crippen LogP contribution in [0.5, 0.6) is 11.5 Å². The van der Waals surface area contributed by atoms with Crippen molar-refractivity contribution in [3.8, 4) is 22.8 Å². The van der Waals surface area contributed by atoms with Crippen LogP contribution in [0.4, 0.5) is 5.95 Å². The molecule has 0 aliphatic heterocycles. The van der Waals surface area contributed by atoms with Gasteiger partial charge in [0.15, 0.2) is 0 Å². The number of nitrogens with one attached hydrogen (secondary N) is 1. The lowest BCUT2D eigenvalue weighted by molar-refractivity contribution is 0.390. The number of methoxy groups -OCH3 is 2. The number of hydrogen-bond acceptors (Lipinski definition) is 5. The van der Waals surface area contributed by atoms with Crippen LogP contribution < -0.4 is 14.8 Å². The first-order valence-corrected chi connectivity index (χ1v) is 6.98. The first-order valence-electron chi connectivity index (χ1n) is 6.19. The summed E-state index contributed by atoms with van der Waals surface area (Å²) in [6, 6.07) is 5.63. The number of benzene rings is 1. The predicted molar refractivity (Wildman–Crippen MR) is 82.4 cm³/mol. The molecule has 0 radical (unpaired) electrons. The lowest BCUT2D eigenvalue weighted by atomic mass is 10.1. The highest BCUT2D eigenvalue weighted by Crippen LogP contribution is 2.41. The van der Waals surface area contributed by atoms with Gasteiger partial charge >= 0.3 is 0 Å². The Morgan fingerprint density at radius 1 is 1.20 bits per heavy atom. The van der Waals surface area contributed by atoms with E-state index in [1.54, 1.807) is 20.4 Å². The van der Waals surface area contributed by atoms with E-state index in [2.05, 4.69) is 31.2 Å². The van der Waals surface area contributed by atoms with Crippen molar-refractivity contribution < 1.29 is 9.47 Å². The van der Waals surface area contributed by atoms with E-state index in [-0.39, 0.29) is 0 Å². The van der Waals surface area contributed by atoms with Crippen molar-refractivity contribution in [3.05, 3.63) is 28.9 Å². The monoisotopic (exact) mass is 337 g/mol. The van der Waals surface area contributed by atoms with Gasteiger partial charge in [-0.2, -0.15) is 0 Å². The predicted octanol–water partition coefficient (Wildman–Crippen LogP) is 3.36. The van der Waals surface area contributed by atoms with E-state index in [0.29, 0.717) is 17.4 Å². The number of aromatic nitrogens is 2. The van der Waals surface area contributed by atoms with Crippen LogP contribution in [0.3, 0.4) is 0 Å². The minimum absolute atomic E-state index is 0.596. The van der Waals surface area contributed by atoms with Crippen molar-refractivity contribution in [2.75, 3.05) is 26.1 Å². The van der Waals surface area contributed by atoms with E-state index in [9.17, 15) is 0 Å². The Morgan fingerprint density at radius 3 is 2.65 bits per heavy atom. The molecule has 0 amide bonds. The second-order valence-electron chi connectivity index (χ2n) is 3.96. The lowest BCUT2D eigenvalue weighted by Gasteiger charge is -2.13. The zero-order valence-electron chi connectivity index (χ0n) is 11.6. The van der Waals surface area contributed by atoms with Gasteiger partial charge < -0.3 is 14.8 Å². The summed E-state index contributed by atoms with van der Waals surface area (Å²) in [7, 11) is 3.24. The summed E-state index contributed by atoms with van der Waals surface area (Å²) in [5.41, 5.74) is 1.66. The van der Waals surface area contributed by atoms with Crippen molar-refractivity contribution in [2.45, 2.75) is 6.92 Å². The van der Waals surface area contributed by atoms with E-state index in [1.165, 1.54) is 0 Å². The molecule has 2 rings (SSSR count). The van der Waals surface area contributed by atoms with Crippen LogP contribution in [0.15, 0.2) is 28.9 Å². The molecule has 20 heavy (non-hydrogen) atoms. The van der Waals surface area contributed by atoms with Gasteiger partial charge in [0.2, 0.25) is 5.95 Å². The molecule has 106 valence electrons. The number of nitrogens with zero attached hydrogens (tertiary/aromatic N) is 2. The quantitative estimate of drug-likeness (QED) is 0.906. The highest BCUT2D eigenvalue weighted by atomic mass is 79.9. The van der Waals surface area contributed by atoms with Gasteiger partial charge in [-0.3, -0.25) is 0 Å². The fourth-order valence-electron chi connectivity index (χ4n) is 1.85. The first-order chi connectivity index (χ1) is 9.71. The average Bonchev–Trinajstić information content (AvgIpc) is 2.47. The molecular weight excluding hydrogens is 322 g/mol. The molecule has 0 aliphatic rings. The van der Waals surface area contributed by atoms with E-state index < -0.39 is 0 Å². The smallest absolute Gasteiger partial charge is 0.223 e. The third kappa shape index (κ3) is 2.85. The SMILES string of the molecule is CCNc1nccc(-c2ccc(OC)c(Br)c2OC)n1. The number of ether oxygens (including phenoxy) is 2. The summed E-state index contributed by atoms with van der Waals surface area (Å²) in [6.07, 6.45) is 1.72. The second kappa shape index (κ2) is 6.56. The minimum Gasteiger partial charge on any atom is -0.495 e. The van der Waals surface area contributed by atoms with Gasteiger partial charge in [-0.15, -0.1) is 0 Å². The molecule has 0 saturated carbocycles. The summed E-state index contributed by atoms with van der Waals surface area (Å²) in [5, 5.41) is 3.09. The highest BCUT2D eigenvalue weighted by molar-refractivity contribution is 9.10. The molecule has 1 aromatic carbocycles. The van der Waals surface area contributed by atoms with Crippen molar-refractivity contribution in [1.29, 1.82) is 0 Å². The standard InChI is InChI=1S/C14H16BrN3O2/c1-4-16-14-17-8-7-10(18-14)9-5-6-11(19-2)12(15)13(9)20-3/h5-8H,4H2,1-3H3,(H,16,17,18). The molecule has 1 heterocycles. The van der Waals surface area contributed by atoms with Crippen LogP contribution in [-0.4, -0.2) is 30.7 Å². The van der Waals surface area contributed by atoms with Gasteiger partial charge in [-0.25, -0.2) is 9.97 Å². The van der Waals surface area contributed by atoms with Crippen molar-refractivity contribution in [3.63, 3.8) is 0 Å². The molecule has 1 N–H and O–H groups in total. The summed E-state index contributed by atoms with van der Waals surface area (Å²) in [6.45, 7) is 2.77. The van der Waals surface area contributed by atoms with E-state index in [1.807, 2.05) is 25.1 Å². The molecular formula is C14H16BrN3O2. The topological polar surface area (TPSA) is 56.3 Å². The molecule has 6 heteroatoms. The van der Waals surface area contributed by atoms with E-state index >= 15 is 0 Å².